The maximum atomic E-state index is 13.0. The standard InChI is InChI=1S/C24H30N4O2/c1-14-13-26-9-5-6-19-15(2)22-20(11-24(3,4)12-21(22)29)28(19)16-7-8-17(23(25)30)18(10-16)27-14/h5-8,10,14,26-27H,9,11-13H2,1-4H3,(H2,25,30)/b6-5+/t14-/m0/s1. The number of nitrogens with one attached hydrogen (secondary N) is 2. The molecule has 1 aromatic heterocycles. The van der Waals surface area contributed by atoms with Gasteiger partial charge in [-0.05, 0) is 55.5 Å². The van der Waals surface area contributed by atoms with Crippen molar-refractivity contribution in [1.82, 2.24) is 9.88 Å². The summed E-state index contributed by atoms with van der Waals surface area (Å²) in [5.41, 5.74) is 11.6. The van der Waals surface area contributed by atoms with Gasteiger partial charge in [-0.2, -0.15) is 0 Å². The van der Waals surface area contributed by atoms with Crippen LogP contribution in [0.1, 0.15) is 64.9 Å². The van der Waals surface area contributed by atoms with Gasteiger partial charge in [0.1, 0.15) is 0 Å². The molecule has 2 heterocycles. The van der Waals surface area contributed by atoms with Crippen molar-refractivity contribution in [2.24, 2.45) is 11.1 Å². The summed E-state index contributed by atoms with van der Waals surface area (Å²) in [4.78, 5) is 25.1. The third-order valence-corrected chi connectivity index (χ3v) is 6.04. The molecule has 2 aromatic rings. The van der Waals surface area contributed by atoms with Gasteiger partial charge in [-0.1, -0.05) is 19.9 Å². The Morgan fingerprint density at radius 1 is 1.27 bits per heavy atom. The Morgan fingerprint density at radius 3 is 2.77 bits per heavy atom. The summed E-state index contributed by atoms with van der Waals surface area (Å²) in [6.07, 6.45) is 5.58. The highest BCUT2D eigenvalue weighted by atomic mass is 16.1. The van der Waals surface area contributed by atoms with E-state index in [9.17, 15) is 9.59 Å². The van der Waals surface area contributed by atoms with Crippen LogP contribution in [0.15, 0.2) is 24.3 Å². The largest absolute Gasteiger partial charge is 0.381 e. The molecule has 0 unspecified atom stereocenters. The van der Waals surface area contributed by atoms with E-state index in [0.717, 1.165) is 47.7 Å². The van der Waals surface area contributed by atoms with Gasteiger partial charge in [0.25, 0.3) is 5.91 Å². The van der Waals surface area contributed by atoms with Gasteiger partial charge in [0, 0.05) is 53.9 Å². The van der Waals surface area contributed by atoms with Crippen molar-refractivity contribution in [2.75, 3.05) is 18.4 Å². The maximum absolute atomic E-state index is 13.0. The number of primary amides is 1. The van der Waals surface area contributed by atoms with E-state index in [0.29, 0.717) is 17.7 Å². The number of hydrogen-bond acceptors (Lipinski definition) is 4. The van der Waals surface area contributed by atoms with Gasteiger partial charge in [-0.25, -0.2) is 0 Å². The van der Waals surface area contributed by atoms with Gasteiger partial charge in [-0.15, -0.1) is 0 Å². The SMILES string of the molecule is Cc1c2c(n3c1/C=C/CNC[C@H](C)Nc1cc-3ccc1C(N)=O)CC(C)(C)CC2=O. The lowest BCUT2D eigenvalue weighted by Gasteiger charge is -2.30. The Balaban J connectivity index is 2.00. The van der Waals surface area contributed by atoms with Gasteiger partial charge in [0.15, 0.2) is 5.78 Å². The second kappa shape index (κ2) is 7.43. The minimum Gasteiger partial charge on any atom is -0.381 e. The normalized spacial score (nSPS) is 21.5. The number of nitrogens with zero attached hydrogens (tertiary/aromatic N) is 1. The molecule has 6 heteroatoms. The third kappa shape index (κ3) is 3.56. The van der Waals surface area contributed by atoms with E-state index in [-0.39, 0.29) is 17.2 Å². The summed E-state index contributed by atoms with van der Waals surface area (Å²) in [5, 5.41) is 6.83. The number of carbonyl (C=O) groups excluding carboxylic acids is 2. The average molecular weight is 407 g/mol. The molecule has 1 aliphatic heterocycles. The van der Waals surface area contributed by atoms with Crippen molar-refractivity contribution in [3.63, 3.8) is 0 Å². The minimum atomic E-state index is -0.460. The lowest BCUT2D eigenvalue weighted by Crippen LogP contribution is -2.31. The monoisotopic (exact) mass is 406 g/mol. The van der Waals surface area contributed by atoms with Crippen LogP contribution in [0.3, 0.4) is 0 Å². The topological polar surface area (TPSA) is 89.2 Å². The first kappa shape index (κ1) is 20.4. The molecule has 0 radical (unpaired) electrons. The molecular formula is C24H30N4O2. The van der Waals surface area contributed by atoms with Crippen LogP contribution in [0.4, 0.5) is 5.69 Å². The van der Waals surface area contributed by atoms with Crippen molar-refractivity contribution in [1.29, 1.82) is 0 Å². The Labute approximate surface area is 177 Å². The molecule has 158 valence electrons. The van der Waals surface area contributed by atoms with E-state index < -0.39 is 5.91 Å². The summed E-state index contributed by atoms with van der Waals surface area (Å²) < 4.78 is 2.18. The molecule has 2 bridgehead atoms. The highest BCUT2D eigenvalue weighted by molar-refractivity contribution is 6.02. The summed E-state index contributed by atoms with van der Waals surface area (Å²) in [5.74, 6) is -0.256. The van der Waals surface area contributed by atoms with E-state index in [1.54, 1.807) is 6.07 Å². The highest BCUT2D eigenvalue weighted by Gasteiger charge is 2.36. The van der Waals surface area contributed by atoms with Crippen molar-refractivity contribution in [3.05, 3.63) is 52.4 Å². The lowest BCUT2D eigenvalue weighted by molar-refractivity contribution is 0.0909. The van der Waals surface area contributed by atoms with Crippen molar-refractivity contribution in [3.8, 4) is 5.69 Å². The fourth-order valence-electron chi connectivity index (χ4n) is 4.72. The second-order valence-electron chi connectivity index (χ2n) is 9.31. The predicted octanol–water partition coefficient (Wildman–Crippen LogP) is 3.46. The first-order valence-corrected chi connectivity index (χ1v) is 10.5. The molecular weight excluding hydrogens is 376 g/mol. The van der Waals surface area contributed by atoms with Gasteiger partial charge in [-0.3, -0.25) is 9.59 Å². The fraction of sp³-hybridized carbons (Fsp3) is 0.417. The van der Waals surface area contributed by atoms with Crippen LogP contribution in [0.25, 0.3) is 11.8 Å². The zero-order valence-corrected chi connectivity index (χ0v) is 18.1. The first-order valence-electron chi connectivity index (χ1n) is 10.5. The highest BCUT2D eigenvalue weighted by Crippen LogP contribution is 2.40. The molecule has 1 amide bonds. The van der Waals surface area contributed by atoms with Crippen LogP contribution >= 0.6 is 0 Å². The van der Waals surface area contributed by atoms with Gasteiger partial charge >= 0.3 is 0 Å². The number of hydrogen-bond donors (Lipinski definition) is 3. The van der Waals surface area contributed by atoms with E-state index in [1.165, 1.54) is 0 Å². The van der Waals surface area contributed by atoms with Gasteiger partial charge in [0.05, 0.1) is 5.56 Å². The van der Waals surface area contributed by atoms with Crippen LogP contribution < -0.4 is 16.4 Å². The average Bonchev–Trinajstić information content (AvgIpc) is 2.90. The minimum absolute atomic E-state index is 0.0939. The number of aromatic nitrogens is 1. The molecule has 1 atom stereocenters. The molecule has 1 aromatic carbocycles. The molecule has 1 aliphatic carbocycles. The molecule has 6 nitrogen and oxygen atoms in total. The number of fused-ring (bicyclic) bond motifs is 6. The van der Waals surface area contributed by atoms with Crippen molar-refractivity contribution in [2.45, 2.75) is 46.6 Å². The number of anilines is 1. The van der Waals surface area contributed by atoms with Crippen molar-refractivity contribution >= 4 is 23.5 Å². The number of carbonyl (C=O) groups is 2. The predicted molar refractivity (Wildman–Crippen MR) is 120 cm³/mol. The summed E-state index contributed by atoms with van der Waals surface area (Å²) in [6, 6.07) is 5.79. The molecule has 4 N–H and O–H groups in total. The summed E-state index contributed by atoms with van der Waals surface area (Å²) in [6.45, 7) is 9.84. The zero-order valence-electron chi connectivity index (χ0n) is 18.1. The Morgan fingerprint density at radius 2 is 2.03 bits per heavy atom. The van der Waals surface area contributed by atoms with E-state index >= 15 is 0 Å². The van der Waals surface area contributed by atoms with E-state index in [4.69, 9.17) is 5.73 Å². The second-order valence-corrected chi connectivity index (χ2v) is 9.31. The summed E-state index contributed by atoms with van der Waals surface area (Å²) >= 11 is 0. The number of Topliss-reactive ketones (excluding diaryl/α,β-unsaturated/α-hetero) is 1. The molecule has 0 spiro atoms. The fourth-order valence-corrected chi connectivity index (χ4v) is 4.72. The number of rotatable bonds is 1. The number of ketones is 1. The molecule has 30 heavy (non-hydrogen) atoms. The van der Waals surface area contributed by atoms with Crippen LogP contribution in [0.5, 0.6) is 0 Å². The smallest absolute Gasteiger partial charge is 0.250 e. The summed E-state index contributed by atoms with van der Waals surface area (Å²) in [7, 11) is 0. The molecule has 0 saturated heterocycles. The first-order chi connectivity index (χ1) is 14.2. The van der Waals surface area contributed by atoms with E-state index in [2.05, 4.69) is 48.1 Å². The van der Waals surface area contributed by atoms with Gasteiger partial charge < -0.3 is 20.9 Å². The number of benzene rings is 1. The maximum Gasteiger partial charge on any atom is 0.250 e. The third-order valence-electron chi connectivity index (χ3n) is 6.04. The molecule has 0 fully saturated rings. The van der Waals surface area contributed by atoms with Gasteiger partial charge in [0.2, 0.25) is 0 Å². The Kier molecular flexibility index (Phi) is 5.06. The Bertz CT molecular complexity index is 1060. The van der Waals surface area contributed by atoms with Crippen LogP contribution in [-0.4, -0.2) is 35.4 Å². The van der Waals surface area contributed by atoms with Crippen LogP contribution in [0.2, 0.25) is 0 Å². The quantitative estimate of drug-likeness (QED) is 0.677. The Hall–Kier alpha value is -2.86. The molecule has 2 aliphatic rings. The van der Waals surface area contributed by atoms with Crippen molar-refractivity contribution < 1.29 is 9.59 Å². The van der Waals surface area contributed by atoms with Crippen LogP contribution in [0, 0.1) is 12.3 Å². The molecule has 4 rings (SSSR count). The zero-order chi connectivity index (χ0) is 21.6. The number of amides is 1. The van der Waals surface area contributed by atoms with Crippen LogP contribution in [-0.2, 0) is 6.42 Å². The number of nitrogens with two attached hydrogens (primary N) is 1. The lowest BCUT2D eigenvalue weighted by atomic mass is 9.75. The molecule has 0 saturated carbocycles. The van der Waals surface area contributed by atoms with E-state index in [1.807, 2.05) is 19.1 Å².